The van der Waals surface area contributed by atoms with Crippen LogP contribution in [0.2, 0.25) is 10.0 Å². The van der Waals surface area contributed by atoms with Crippen molar-refractivity contribution >= 4 is 40.5 Å². The molecule has 2 aliphatic rings. The van der Waals surface area contributed by atoms with Crippen molar-refractivity contribution in [3.8, 4) is 0 Å². The molecule has 1 aromatic heterocycles. The van der Waals surface area contributed by atoms with E-state index < -0.39 is 0 Å². The van der Waals surface area contributed by atoms with Crippen LogP contribution in [-0.4, -0.2) is 42.1 Å². The van der Waals surface area contributed by atoms with Crippen LogP contribution in [0.15, 0.2) is 30.6 Å². The van der Waals surface area contributed by atoms with Crippen molar-refractivity contribution in [2.75, 3.05) is 36.5 Å². The first-order valence-corrected chi connectivity index (χ1v) is 8.96. The fraction of sp³-hybridized carbons (Fsp3) is 0.412. The first-order chi connectivity index (χ1) is 12.1. The zero-order valence-electron chi connectivity index (χ0n) is 13.5. The molecule has 2 saturated heterocycles. The summed E-state index contributed by atoms with van der Waals surface area (Å²) in [4.78, 5) is 10.9. The Balaban J connectivity index is 1.45. The van der Waals surface area contributed by atoms with E-state index in [9.17, 15) is 0 Å². The number of ether oxygens (including phenoxy) is 2. The second kappa shape index (κ2) is 6.96. The second-order valence-electron chi connectivity index (χ2n) is 6.11. The maximum Gasteiger partial charge on any atom is 0.171 e. The lowest BCUT2D eigenvalue weighted by Gasteiger charge is -2.38. The first-order valence-electron chi connectivity index (χ1n) is 8.21. The van der Waals surface area contributed by atoms with E-state index in [1.54, 1.807) is 18.5 Å². The van der Waals surface area contributed by atoms with Crippen molar-refractivity contribution in [2.24, 2.45) is 0 Å². The first kappa shape index (κ1) is 16.8. The molecule has 2 fully saturated rings. The van der Waals surface area contributed by atoms with E-state index in [4.69, 9.17) is 32.7 Å². The van der Waals surface area contributed by atoms with Gasteiger partial charge in [0, 0.05) is 37.7 Å². The van der Waals surface area contributed by atoms with E-state index in [-0.39, 0.29) is 5.79 Å². The van der Waals surface area contributed by atoms with E-state index >= 15 is 0 Å². The quantitative estimate of drug-likeness (QED) is 0.871. The van der Waals surface area contributed by atoms with E-state index in [0.717, 1.165) is 37.4 Å². The third-order valence-corrected chi connectivity index (χ3v) is 5.25. The average Bonchev–Trinajstić information content (AvgIpc) is 3.07. The standard InChI is InChI=1S/C17H18Cl2N4O2/c18-13-2-1-12(9-14(13)19)22-15-10-16(21-11-20-15)23-5-3-17(4-6-23)24-7-8-25-17/h1-2,9-11H,3-8H2,(H,20,21,22). The maximum absolute atomic E-state index is 6.06. The molecule has 1 N–H and O–H groups in total. The minimum Gasteiger partial charge on any atom is -0.356 e. The van der Waals surface area contributed by atoms with E-state index in [0.29, 0.717) is 29.1 Å². The number of benzene rings is 1. The Morgan fingerprint density at radius 1 is 1.00 bits per heavy atom. The van der Waals surface area contributed by atoms with E-state index in [2.05, 4.69) is 20.2 Å². The second-order valence-corrected chi connectivity index (χ2v) is 6.92. The molecule has 1 aromatic carbocycles. The van der Waals surface area contributed by atoms with Gasteiger partial charge in [-0.3, -0.25) is 0 Å². The van der Waals surface area contributed by atoms with Gasteiger partial charge in [0.1, 0.15) is 18.0 Å². The number of piperidine rings is 1. The zero-order chi connectivity index (χ0) is 17.3. The van der Waals surface area contributed by atoms with Gasteiger partial charge in [-0.2, -0.15) is 0 Å². The predicted octanol–water partition coefficient (Wildman–Crippen LogP) is 3.87. The predicted molar refractivity (Wildman–Crippen MR) is 97.9 cm³/mol. The Bertz CT molecular complexity index is 758. The molecule has 2 aromatic rings. The number of nitrogens with one attached hydrogen (secondary N) is 1. The highest BCUT2D eigenvalue weighted by Crippen LogP contribution is 2.33. The molecule has 6 nitrogen and oxygen atoms in total. The number of nitrogens with zero attached hydrogens (tertiary/aromatic N) is 3. The molecule has 0 saturated carbocycles. The normalized spacial score (nSPS) is 19.4. The van der Waals surface area contributed by atoms with Crippen LogP contribution in [-0.2, 0) is 9.47 Å². The number of anilines is 3. The molecule has 3 heterocycles. The molecule has 132 valence electrons. The molecule has 0 radical (unpaired) electrons. The van der Waals surface area contributed by atoms with Crippen LogP contribution in [0.4, 0.5) is 17.3 Å². The third-order valence-electron chi connectivity index (χ3n) is 4.51. The fourth-order valence-electron chi connectivity index (χ4n) is 3.17. The maximum atomic E-state index is 6.06. The molecular formula is C17H18Cl2N4O2. The zero-order valence-corrected chi connectivity index (χ0v) is 15.1. The largest absolute Gasteiger partial charge is 0.356 e. The summed E-state index contributed by atoms with van der Waals surface area (Å²) in [7, 11) is 0. The lowest BCUT2D eigenvalue weighted by Crippen LogP contribution is -2.45. The number of hydrogen-bond acceptors (Lipinski definition) is 6. The molecule has 2 aliphatic heterocycles. The average molecular weight is 381 g/mol. The molecule has 0 bridgehead atoms. The van der Waals surface area contributed by atoms with Gasteiger partial charge < -0.3 is 19.7 Å². The summed E-state index contributed by atoms with van der Waals surface area (Å²) in [6, 6.07) is 7.30. The van der Waals surface area contributed by atoms with Gasteiger partial charge in [-0.1, -0.05) is 23.2 Å². The van der Waals surface area contributed by atoms with E-state index in [1.807, 2.05) is 12.1 Å². The van der Waals surface area contributed by atoms with Gasteiger partial charge in [-0.25, -0.2) is 9.97 Å². The van der Waals surface area contributed by atoms with Gasteiger partial charge in [0.05, 0.1) is 23.3 Å². The molecule has 0 aliphatic carbocycles. The summed E-state index contributed by atoms with van der Waals surface area (Å²) in [5.74, 6) is 1.20. The summed E-state index contributed by atoms with van der Waals surface area (Å²) >= 11 is 12.0. The molecule has 1 spiro atoms. The number of halogens is 2. The molecule has 0 amide bonds. The van der Waals surface area contributed by atoms with Crippen molar-refractivity contribution in [1.29, 1.82) is 0 Å². The van der Waals surface area contributed by atoms with Crippen molar-refractivity contribution in [2.45, 2.75) is 18.6 Å². The van der Waals surface area contributed by atoms with Crippen LogP contribution in [0.25, 0.3) is 0 Å². The van der Waals surface area contributed by atoms with Gasteiger partial charge in [-0.05, 0) is 18.2 Å². The topological polar surface area (TPSA) is 59.5 Å². The Labute approximate surface area is 156 Å². The van der Waals surface area contributed by atoms with Gasteiger partial charge in [0.2, 0.25) is 0 Å². The minimum atomic E-state index is -0.384. The Morgan fingerprint density at radius 3 is 2.48 bits per heavy atom. The molecule has 0 unspecified atom stereocenters. The van der Waals surface area contributed by atoms with Crippen molar-refractivity contribution in [3.05, 3.63) is 40.6 Å². The van der Waals surface area contributed by atoms with Crippen molar-refractivity contribution in [1.82, 2.24) is 9.97 Å². The lowest BCUT2D eigenvalue weighted by molar-refractivity contribution is -0.169. The van der Waals surface area contributed by atoms with Crippen LogP contribution < -0.4 is 10.2 Å². The van der Waals surface area contributed by atoms with Gasteiger partial charge >= 0.3 is 0 Å². The van der Waals surface area contributed by atoms with Gasteiger partial charge in [0.15, 0.2) is 5.79 Å². The summed E-state index contributed by atoms with van der Waals surface area (Å²) in [6.07, 6.45) is 3.24. The smallest absolute Gasteiger partial charge is 0.171 e. The van der Waals surface area contributed by atoms with Crippen LogP contribution in [0, 0.1) is 0 Å². The molecular weight excluding hydrogens is 363 g/mol. The van der Waals surface area contributed by atoms with Crippen molar-refractivity contribution in [3.63, 3.8) is 0 Å². The lowest BCUT2D eigenvalue weighted by atomic mass is 10.0. The Kier molecular flexibility index (Phi) is 4.69. The minimum absolute atomic E-state index is 0.384. The Hall–Kier alpha value is -1.60. The van der Waals surface area contributed by atoms with Crippen molar-refractivity contribution < 1.29 is 9.47 Å². The summed E-state index contributed by atoms with van der Waals surface area (Å²) < 4.78 is 11.5. The fourth-order valence-corrected chi connectivity index (χ4v) is 3.47. The SMILES string of the molecule is Clc1ccc(Nc2cc(N3CCC4(CC3)OCCO4)ncn2)cc1Cl. The number of rotatable bonds is 3. The number of aromatic nitrogens is 2. The highest BCUT2D eigenvalue weighted by Gasteiger charge is 2.40. The molecule has 25 heavy (non-hydrogen) atoms. The van der Waals surface area contributed by atoms with Gasteiger partial charge in [-0.15, -0.1) is 0 Å². The summed E-state index contributed by atoms with van der Waals surface area (Å²) in [5, 5.41) is 4.25. The summed E-state index contributed by atoms with van der Waals surface area (Å²) in [6.45, 7) is 3.04. The van der Waals surface area contributed by atoms with Crippen LogP contribution in [0.1, 0.15) is 12.8 Å². The van der Waals surface area contributed by atoms with Crippen LogP contribution in [0.5, 0.6) is 0 Å². The Morgan fingerprint density at radius 2 is 1.76 bits per heavy atom. The van der Waals surface area contributed by atoms with E-state index in [1.165, 1.54) is 0 Å². The highest BCUT2D eigenvalue weighted by molar-refractivity contribution is 6.42. The molecule has 8 heteroatoms. The molecule has 0 atom stereocenters. The van der Waals surface area contributed by atoms with Crippen LogP contribution in [0.3, 0.4) is 0 Å². The molecule has 4 rings (SSSR count). The highest BCUT2D eigenvalue weighted by atomic mass is 35.5. The number of hydrogen-bond donors (Lipinski definition) is 1. The summed E-state index contributed by atoms with van der Waals surface area (Å²) in [5.41, 5.74) is 0.824. The van der Waals surface area contributed by atoms with Gasteiger partial charge in [0.25, 0.3) is 0 Å². The monoisotopic (exact) mass is 380 g/mol. The van der Waals surface area contributed by atoms with Crippen LogP contribution >= 0.6 is 23.2 Å². The third kappa shape index (κ3) is 3.67.